The van der Waals surface area contributed by atoms with E-state index in [4.69, 9.17) is 22.1 Å². The number of pyridine rings is 1. The van der Waals surface area contributed by atoms with Gasteiger partial charge in [0.15, 0.2) is 5.78 Å². The highest BCUT2D eigenvalue weighted by Crippen LogP contribution is 2.45. The van der Waals surface area contributed by atoms with Crippen molar-refractivity contribution >= 4 is 23.5 Å². The monoisotopic (exact) mass is 396 g/mol. The molecule has 1 amide bonds. The Morgan fingerprint density at radius 3 is 2.61 bits per heavy atom. The zero-order valence-corrected chi connectivity index (χ0v) is 16.0. The van der Waals surface area contributed by atoms with Gasteiger partial charge < -0.3 is 10.5 Å². The van der Waals surface area contributed by atoms with Crippen LogP contribution in [0.2, 0.25) is 5.02 Å². The Morgan fingerprint density at radius 2 is 1.93 bits per heavy atom. The smallest absolute Gasteiger partial charge is 0.391 e. The maximum absolute atomic E-state index is 13.0. The van der Waals surface area contributed by atoms with E-state index in [1.54, 1.807) is 10.9 Å². The lowest BCUT2D eigenvalue weighted by molar-refractivity contribution is 0.0860. The number of amides is 1. The van der Waals surface area contributed by atoms with E-state index in [9.17, 15) is 9.59 Å². The quantitative estimate of drug-likeness (QED) is 0.722. The van der Waals surface area contributed by atoms with E-state index in [-0.39, 0.29) is 11.7 Å². The number of ketones is 1. The largest absolute Gasteiger partial charge is 0.411 e. The second-order valence-electron chi connectivity index (χ2n) is 7.23. The number of carbonyl (C=O) groups excluding carboxylic acids is 2. The highest BCUT2D eigenvalue weighted by atomic mass is 35.5. The first-order valence-corrected chi connectivity index (χ1v) is 8.99. The number of nitrogens with zero attached hydrogens (tertiary/aromatic N) is 3. The van der Waals surface area contributed by atoms with Crippen LogP contribution >= 0.6 is 11.6 Å². The highest BCUT2D eigenvalue weighted by Gasteiger charge is 2.41. The van der Waals surface area contributed by atoms with Crippen LogP contribution in [0.15, 0.2) is 42.7 Å². The molecule has 142 valence electrons. The number of hydrogen-bond donors (Lipinski definition) is 1. The van der Waals surface area contributed by atoms with Crippen molar-refractivity contribution < 1.29 is 14.3 Å². The molecule has 2 N–H and O–H groups in total. The first-order valence-electron chi connectivity index (χ1n) is 8.62. The normalized spacial score (nSPS) is 14.8. The number of aromatic nitrogens is 3. The van der Waals surface area contributed by atoms with Gasteiger partial charge in [0.1, 0.15) is 5.69 Å². The summed E-state index contributed by atoms with van der Waals surface area (Å²) < 4.78 is 6.82. The number of primary amides is 1. The number of Topliss-reactive ketones (excluding diaryl/α,β-unsaturated/α-hetero) is 1. The van der Waals surface area contributed by atoms with Gasteiger partial charge in [-0.25, -0.2) is 9.78 Å². The number of halogens is 1. The van der Waals surface area contributed by atoms with Gasteiger partial charge in [-0.1, -0.05) is 55.8 Å². The zero-order chi connectivity index (χ0) is 20.1. The molecule has 4 rings (SSSR count). The molecule has 1 aliphatic rings. The van der Waals surface area contributed by atoms with Gasteiger partial charge >= 0.3 is 6.09 Å². The van der Waals surface area contributed by atoms with Crippen molar-refractivity contribution in [2.75, 3.05) is 0 Å². The first-order chi connectivity index (χ1) is 13.3. The van der Waals surface area contributed by atoms with Crippen molar-refractivity contribution in [1.29, 1.82) is 0 Å². The van der Waals surface area contributed by atoms with Gasteiger partial charge in [0, 0.05) is 16.5 Å². The number of fused-ring (bicyclic) bond motifs is 1. The summed E-state index contributed by atoms with van der Waals surface area (Å²) in [5.74, 6) is -0.00739. The lowest BCUT2D eigenvalue weighted by Crippen LogP contribution is -2.20. The van der Waals surface area contributed by atoms with Gasteiger partial charge in [0.2, 0.25) is 5.88 Å². The van der Waals surface area contributed by atoms with Crippen molar-refractivity contribution in [2.45, 2.75) is 20.4 Å². The van der Waals surface area contributed by atoms with Crippen molar-refractivity contribution in [3.8, 4) is 28.1 Å². The summed E-state index contributed by atoms with van der Waals surface area (Å²) >= 11 is 6.52. The summed E-state index contributed by atoms with van der Waals surface area (Å²) in [5.41, 5.74) is 7.41. The van der Waals surface area contributed by atoms with E-state index in [0.29, 0.717) is 39.5 Å². The Labute approximate surface area is 166 Å². The number of nitrogens with two attached hydrogens (primary N) is 1. The minimum Gasteiger partial charge on any atom is -0.391 e. The maximum Gasteiger partial charge on any atom is 0.411 e. The Balaban J connectivity index is 2.02. The predicted octanol–water partition coefficient (Wildman–Crippen LogP) is 3.95. The van der Waals surface area contributed by atoms with Crippen molar-refractivity contribution in [2.24, 2.45) is 11.1 Å². The van der Waals surface area contributed by atoms with Crippen LogP contribution in [0.3, 0.4) is 0 Å². The van der Waals surface area contributed by atoms with Gasteiger partial charge in [0.25, 0.3) is 0 Å². The zero-order valence-electron chi connectivity index (χ0n) is 15.3. The highest BCUT2D eigenvalue weighted by molar-refractivity contribution is 6.34. The third-order valence-corrected chi connectivity index (χ3v) is 5.03. The molecule has 0 fully saturated rings. The Kier molecular flexibility index (Phi) is 4.19. The summed E-state index contributed by atoms with van der Waals surface area (Å²) in [4.78, 5) is 28.5. The molecule has 3 heterocycles. The fraction of sp³-hybridized carbons (Fsp3) is 0.200. The van der Waals surface area contributed by atoms with Gasteiger partial charge in [-0.2, -0.15) is 5.10 Å². The molecule has 2 aromatic heterocycles. The van der Waals surface area contributed by atoms with Gasteiger partial charge in [-0.3, -0.25) is 9.48 Å². The average molecular weight is 397 g/mol. The topological polar surface area (TPSA) is 100 Å². The second-order valence-corrected chi connectivity index (χ2v) is 7.63. The molecule has 0 atom stereocenters. The molecular formula is C20H17ClN4O3. The minimum absolute atomic E-state index is 0.0164. The van der Waals surface area contributed by atoms with E-state index >= 15 is 0 Å². The van der Waals surface area contributed by atoms with Crippen molar-refractivity contribution in [3.63, 3.8) is 0 Å². The molecule has 0 saturated heterocycles. The molecular weight excluding hydrogens is 380 g/mol. The molecule has 1 aliphatic heterocycles. The van der Waals surface area contributed by atoms with Crippen LogP contribution < -0.4 is 10.5 Å². The average Bonchev–Trinajstić information content (AvgIpc) is 3.14. The lowest BCUT2D eigenvalue weighted by Gasteiger charge is -2.16. The van der Waals surface area contributed by atoms with Crippen LogP contribution in [0, 0.1) is 5.41 Å². The third-order valence-electron chi connectivity index (χ3n) is 4.74. The first kappa shape index (κ1) is 18.2. The molecule has 0 unspecified atom stereocenters. The summed E-state index contributed by atoms with van der Waals surface area (Å²) in [6.07, 6.45) is 1.98. The van der Waals surface area contributed by atoms with Crippen LogP contribution in [0.25, 0.3) is 22.3 Å². The summed E-state index contributed by atoms with van der Waals surface area (Å²) in [5, 5.41) is 4.68. The van der Waals surface area contributed by atoms with E-state index in [1.807, 2.05) is 44.2 Å². The van der Waals surface area contributed by atoms with Gasteiger partial charge in [0.05, 0.1) is 29.5 Å². The molecule has 7 nitrogen and oxygen atoms in total. The summed E-state index contributed by atoms with van der Waals surface area (Å²) in [6.45, 7) is 4.23. The predicted molar refractivity (Wildman–Crippen MR) is 104 cm³/mol. The molecule has 0 bridgehead atoms. The molecule has 3 aromatic rings. The minimum atomic E-state index is -0.990. The molecule has 8 heteroatoms. The lowest BCUT2D eigenvalue weighted by atomic mass is 9.87. The third kappa shape index (κ3) is 2.84. The van der Waals surface area contributed by atoms with E-state index in [1.165, 1.54) is 6.20 Å². The fourth-order valence-corrected chi connectivity index (χ4v) is 3.72. The molecule has 28 heavy (non-hydrogen) atoms. The standard InChI is InChI=1S/C20H17ClN4O3/c1-20(2)10-25-16(17(20)26)12(8-24-25)15-13(21)9-23-18(28-19(22)27)14(15)11-6-4-3-5-7-11/h3-9H,10H2,1-2H3,(H2,22,27). The SMILES string of the molecule is CC1(C)Cn2ncc(-c3c(Cl)cnc(OC(N)=O)c3-c3ccccc3)c2C1=O. The fourth-order valence-electron chi connectivity index (χ4n) is 3.47. The van der Waals surface area contributed by atoms with Crippen LogP contribution in [-0.4, -0.2) is 26.6 Å². The van der Waals surface area contributed by atoms with Crippen molar-refractivity contribution in [3.05, 3.63) is 53.4 Å². The van der Waals surface area contributed by atoms with E-state index in [2.05, 4.69) is 10.1 Å². The second kappa shape index (κ2) is 6.45. The van der Waals surface area contributed by atoms with E-state index < -0.39 is 11.5 Å². The molecule has 0 spiro atoms. The van der Waals surface area contributed by atoms with Gasteiger partial charge in [-0.05, 0) is 5.56 Å². The molecule has 1 aromatic carbocycles. The summed E-state index contributed by atoms with van der Waals surface area (Å²) in [7, 11) is 0. The molecule has 0 saturated carbocycles. The number of rotatable bonds is 3. The molecule has 0 aliphatic carbocycles. The molecule has 0 radical (unpaired) electrons. The van der Waals surface area contributed by atoms with E-state index in [0.717, 1.165) is 0 Å². The number of ether oxygens (including phenoxy) is 1. The Bertz CT molecular complexity index is 1110. The van der Waals surface area contributed by atoms with Gasteiger partial charge in [-0.15, -0.1) is 0 Å². The Hall–Kier alpha value is -3.19. The number of hydrogen-bond acceptors (Lipinski definition) is 5. The van der Waals surface area contributed by atoms with Crippen LogP contribution in [0.4, 0.5) is 4.79 Å². The van der Waals surface area contributed by atoms with Crippen molar-refractivity contribution in [1.82, 2.24) is 14.8 Å². The maximum atomic E-state index is 13.0. The van der Waals surface area contributed by atoms with Crippen LogP contribution in [0.1, 0.15) is 24.3 Å². The van der Waals surface area contributed by atoms with Crippen LogP contribution in [0.5, 0.6) is 5.88 Å². The summed E-state index contributed by atoms with van der Waals surface area (Å²) in [6, 6.07) is 9.20. The Morgan fingerprint density at radius 1 is 1.21 bits per heavy atom. The van der Waals surface area contributed by atoms with Crippen LogP contribution in [-0.2, 0) is 6.54 Å². The number of benzene rings is 1. The number of carbonyl (C=O) groups is 2.